The Balaban J connectivity index is 0.00000261. The molecule has 6 nitrogen and oxygen atoms in total. The monoisotopic (exact) mass is 385 g/mol. The molecule has 0 aliphatic carbocycles. The van der Waals surface area contributed by atoms with E-state index < -0.39 is 5.91 Å². The van der Waals surface area contributed by atoms with Crippen LogP contribution in [0.1, 0.15) is 17.0 Å². The van der Waals surface area contributed by atoms with Crippen LogP contribution in [0.15, 0.2) is 60.8 Å². The van der Waals surface area contributed by atoms with Crippen molar-refractivity contribution in [1.82, 2.24) is 15.4 Å². The summed E-state index contributed by atoms with van der Waals surface area (Å²) in [6.07, 6.45) is 5.36. The first-order valence-electron chi connectivity index (χ1n) is 8.08. The molecule has 1 heterocycles. The average Bonchev–Trinajstić information content (AvgIpc) is 3.15. The van der Waals surface area contributed by atoms with Gasteiger partial charge in [-0.25, -0.2) is 10.5 Å². The molecule has 0 saturated heterocycles. The normalized spacial score (nSPS) is 10.4. The van der Waals surface area contributed by atoms with Crippen LogP contribution < -0.4 is 10.2 Å². The summed E-state index contributed by atoms with van der Waals surface area (Å²) in [7, 11) is 1.65. The number of ether oxygens (including phenoxy) is 1. The molecule has 0 aliphatic rings. The van der Waals surface area contributed by atoms with Crippen LogP contribution in [0.3, 0.4) is 0 Å². The van der Waals surface area contributed by atoms with Gasteiger partial charge in [-0.3, -0.25) is 10.0 Å². The highest BCUT2D eigenvalue weighted by Gasteiger charge is 2.08. The molecule has 0 atom stereocenters. The van der Waals surface area contributed by atoms with Crippen molar-refractivity contribution in [3.05, 3.63) is 77.8 Å². The predicted molar refractivity (Wildman–Crippen MR) is 106 cm³/mol. The second-order valence-corrected chi connectivity index (χ2v) is 5.67. The van der Waals surface area contributed by atoms with Gasteiger partial charge in [0.1, 0.15) is 11.6 Å². The van der Waals surface area contributed by atoms with Gasteiger partial charge in [0, 0.05) is 18.1 Å². The fourth-order valence-electron chi connectivity index (χ4n) is 2.61. The SMILES string of the molecule is COc1ccccc1-c1cnc(Cc2ccc(/C=C/C(=O)NO)cc2)[nH]1.Cl. The number of hydroxylamine groups is 1. The first-order chi connectivity index (χ1) is 12.7. The number of hydrogen-bond acceptors (Lipinski definition) is 4. The van der Waals surface area contributed by atoms with E-state index in [2.05, 4.69) is 9.97 Å². The Kier molecular flexibility index (Phi) is 7.16. The van der Waals surface area contributed by atoms with Crippen LogP contribution in [-0.4, -0.2) is 28.2 Å². The molecular formula is C20H20ClN3O3. The zero-order valence-electron chi connectivity index (χ0n) is 14.7. The average molecular weight is 386 g/mol. The molecule has 0 bridgehead atoms. The third-order valence-corrected chi connectivity index (χ3v) is 3.91. The summed E-state index contributed by atoms with van der Waals surface area (Å²) < 4.78 is 5.39. The van der Waals surface area contributed by atoms with Crippen molar-refractivity contribution in [2.45, 2.75) is 6.42 Å². The minimum absolute atomic E-state index is 0. The molecule has 1 amide bonds. The first-order valence-corrected chi connectivity index (χ1v) is 8.08. The Morgan fingerprint density at radius 2 is 1.96 bits per heavy atom. The number of aromatic nitrogens is 2. The Morgan fingerprint density at radius 3 is 2.67 bits per heavy atom. The first kappa shape index (κ1) is 20.2. The topological polar surface area (TPSA) is 87.2 Å². The number of carbonyl (C=O) groups excluding carboxylic acids is 1. The van der Waals surface area contributed by atoms with Crippen molar-refractivity contribution in [2.75, 3.05) is 7.11 Å². The van der Waals surface area contributed by atoms with E-state index in [1.54, 1.807) is 24.9 Å². The van der Waals surface area contributed by atoms with Crippen molar-refractivity contribution in [3.8, 4) is 17.0 Å². The van der Waals surface area contributed by atoms with Gasteiger partial charge in [0.25, 0.3) is 5.91 Å². The maximum absolute atomic E-state index is 11.0. The largest absolute Gasteiger partial charge is 0.496 e. The van der Waals surface area contributed by atoms with E-state index in [-0.39, 0.29) is 12.4 Å². The number of imidazole rings is 1. The molecule has 0 spiro atoms. The van der Waals surface area contributed by atoms with Crippen molar-refractivity contribution >= 4 is 24.4 Å². The van der Waals surface area contributed by atoms with Gasteiger partial charge in [0.05, 0.1) is 19.0 Å². The molecule has 0 unspecified atom stereocenters. The van der Waals surface area contributed by atoms with Crippen LogP contribution in [0.5, 0.6) is 5.75 Å². The molecule has 27 heavy (non-hydrogen) atoms. The van der Waals surface area contributed by atoms with Gasteiger partial charge < -0.3 is 9.72 Å². The summed E-state index contributed by atoms with van der Waals surface area (Å²) in [6.45, 7) is 0. The molecule has 0 fully saturated rings. The van der Waals surface area contributed by atoms with E-state index in [4.69, 9.17) is 9.94 Å². The Morgan fingerprint density at radius 1 is 1.22 bits per heavy atom. The maximum Gasteiger partial charge on any atom is 0.267 e. The Bertz CT molecular complexity index is 920. The molecule has 1 aromatic heterocycles. The summed E-state index contributed by atoms with van der Waals surface area (Å²) in [5.74, 6) is 1.09. The van der Waals surface area contributed by atoms with Crippen LogP contribution in [0.4, 0.5) is 0 Å². The minimum Gasteiger partial charge on any atom is -0.496 e. The van der Waals surface area contributed by atoms with Gasteiger partial charge in [0.15, 0.2) is 0 Å². The summed E-state index contributed by atoms with van der Waals surface area (Å²) in [5, 5.41) is 8.47. The number of H-pyrrole nitrogens is 1. The number of methoxy groups -OCH3 is 1. The molecule has 3 aromatic rings. The second kappa shape index (κ2) is 9.56. The third-order valence-electron chi connectivity index (χ3n) is 3.91. The van der Waals surface area contributed by atoms with Gasteiger partial charge in [-0.05, 0) is 29.3 Å². The number of hydrogen-bond donors (Lipinski definition) is 3. The van der Waals surface area contributed by atoms with E-state index in [9.17, 15) is 4.79 Å². The molecule has 2 aromatic carbocycles. The Hall–Kier alpha value is -3.09. The van der Waals surface area contributed by atoms with Crippen LogP contribution in [0, 0.1) is 0 Å². The molecule has 0 saturated carbocycles. The molecule has 3 N–H and O–H groups in total. The molecule has 140 valence electrons. The molecule has 7 heteroatoms. The number of rotatable bonds is 6. The van der Waals surface area contributed by atoms with E-state index in [0.29, 0.717) is 6.42 Å². The molecule has 3 rings (SSSR count). The number of nitrogens with zero attached hydrogens (tertiary/aromatic N) is 1. The number of carbonyl (C=O) groups is 1. The lowest BCUT2D eigenvalue weighted by Crippen LogP contribution is -2.14. The van der Waals surface area contributed by atoms with Gasteiger partial charge in [0.2, 0.25) is 0 Å². The highest BCUT2D eigenvalue weighted by atomic mass is 35.5. The summed E-state index contributed by atoms with van der Waals surface area (Å²) >= 11 is 0. The smallest absolute Gasteiger partial charge is 0.267 e. The van der Waals surface area contributed by atoms with Gasteiger partial charge in [-0.15, -0.1) is 12.4 Å². The summed E-state index contributed by atoms with van der Waals surface area (Å²) in [4.78, 5) is 18.8. The number of amides is 1. The van der Waals surface area contributed by atoms with E-state index in [1.807, 2.05) is 48.5 Å². The van der Waals surface area contributed by atoms with Crippen molar-refractivity contribution in [2.24, 2.45) is 0 Å². The van der Waals surface area contributed by atoms with E-state index >= 15 is 0 Å². The highest BCUT2D eigenvalue weighted by molar-refractivity contribution is 5.90. The van der Waals surface area contributed by atoms with E-state index in [0.717, 1.165) is 34.0 Å². The fraction of sp³-hybridized carbons (Fsp3) is 0.100. The summed E-state index contributed by atoms with van der Waals surface area (Å²) in [5.41, 5.74) is 5.39. The lowest BCUT2D eigenvalue weighted by Gasteiger charge is -2.05. The van der Waals surface area contributed by atoms with Gasteiger partial charge in [-0.1, -0.05) is 36.4 Å². The zero-order chi connectivity index (χ0) is 18.4. The lowest BCUT2D eigenvalue weighted by molar-refractivity contribution is -0.124. The lowest BCUT2D eigenvalue weighted by atomic mass is 10.1. The predicted octanol–water partition coefficient (Wildman–Crippen LogP) is 3.62. The number of nitrogens with one attached hydrogen (secondary N) is 2. The third kappa shape index (κ3) is 5.20. The standard InChI is InChI=1S/C20H19N3O3.ClH/c1-26-18-5-3-2-4-16(18)17-13-21-19(22-17)12-15-8-6-14(7-9-15)10-11-20(24)23-25;/h2-11,13,25H,12H2,1H3,(H,21,22)(H,23,24);1H/b11-10+;. The summed E-state index contributed by atoms with van der Waals surface area (Å²) in [6, 6.07) is 15.5. The molecular weight excluding hydrogens is 366 g/mol. The number of benzene rings is 2. The van der Waals surface area contributed by atoms with E-state index in [1.165, 1.54) is 6.08 Å². The van der Waals surface area contributed by atoms with Crippen LogP contribution in [-0.2, 0) is 11.2 Å². The molecule has 0 radical (unpaired) electrons. The molecule has 0 aliphatic heterocycles. The number of halogens is 1. The number of para-hydroxylation sites is 1. The number of aromatic amines is 1. The highest BCUT2D eigenvalue weighted by Crippen LogP contribution is 2.28. The maximum atomic E-state index is 11.0. The van der Waals surface area contributed by atoms with Crippen molar-refractivity contribution < 1.29 is 14.7 Å². The van der Waals surface area contributed by atoms with Crippen LogP contribution >= 0.6 is 12.4 Å². The Labute approximate surface area is 163 Å². The second-order valence-electron chi connectivity index (χ2n) is 5.67. The van der Waals surface area contributed by atoms with Crippen LogP contribution in [0.2, 0.25) is 0 Å². The van der Waals surface area contributed by atoms with Crippen molar-refractivity contribution in [1.29, 1.82) is 0 Å². The van der Waals surface area contributed by atoms with Crippen molar-refractivity contribution in [3.63, 3.8) is 0 Å². The quantitative estimate of drug-likeness (QED) is 0.343. The van der Waals surface area contributed by atoms with Gasteiger partial charge in [-0.2, -0.15) is 0 Å². The van der Waals surface area contributed by atoms with Gasteiger partial charge >= 0.3 is 0 Å². The fourth-order valence-corrected chi connectivity index (χ4v) is 2.61. The minimum atomic E-state index is -0.562. The zero-order valence-corrected chi connectivity index (χ0v) is 15.5. The van der Waals surface area contributed by atoms with Crippen LogP contribution in [0.25, 0.3) is 17.3 Å².